The van der Waals surface area contributed by atoms with E-state index in [-0.39, 0.29) is 12.0 Å². The molecule has 3 rings (SSSR count). The van der Waals surface area contributed by atoms with Crippen LogP contribution in [0, 0.1) is 6.92 Å². The van der Waals surface area contributed by atoms with Gasteiger partial charge in [-0.2, -0.15) is 0 Å². The van der Waals surface area contributed by atoms with E-state index in [4.69, 9.17) is 4.74 Å². The molecule has 2 fully saturated rings. The van der Waals surface area contributed by atoms with Crippen LogP contribution in [0.3, 0.4) is 0 Å². The second-order valence-corrected chi connectivity index (χ2v) is 7.39. The first kappa shape index (κ1) is 20.4. The van der Waals surface area contributed by atoms with E-state index in [1.54, 1.807) is 11.0 Å². The number of piperidine rings is 1. The van der Waals surface area contributed by atoms with Gasteiger partial charge in [-0.25, -0.2) is 14.8 Å². The average molecular weight is 390 g/mol. The van der Waals surface area contributed by atoms with Gasteiger partial charge in [0.15, 0.2) is 0 Å². The monoisotopic (exact) mass is 389 g/mol. The number of hydrogen-bond acceptors (Lipinski definition) is 6. The summed E-state index contributed by atoms with van der Waals surface area (Å²) in [6.07, 6.45) is 4.00. The Kier molecular flexibility index (Phi) is 6.70. The lowest BCUT2D eigenvalue weighted by Crippen LogP contribution is -2.49. The molecule has 3 heterocycles. The Bertz CT molecular complexity index is 703. The van der Waals surface area contributed by atoms with Gasteiger partial charge in [0.2, 0.25) is 0 Å². The van der Waals surface area contributed by atoms with Crippen molar-refractivity contribution in [1.29, 1.82) is 0 Å². The lowest BCUT2D eigenvalue weighted by molar-refractivity contribution is 0.0601. The van der Waals surface area contributed by atoms with E-state index in [1.165, 1.54) is 6.42 Å². The fraction of sp³-hybridized carbons (Fsp3) is 0.700. The fourth-order valence-electron chi connectivity index (χ4n) is 4.00. The zero-order chi connectivity index (χ0) is 20.1. The second-order valence-electron chi connectivity index (χ2n) is 7.39. The van der Waals surface area contributed by atoms with Gasteiger partial charge in [-0.3, -0.25) is 4.79 Å². The van der Waals surface area contributed by atoms with Crippen LogP contribution in [0.2, 0.25) is 0 Å². The molecular weight excluding hydrogens is 358 g/mol. The first-order chi connectivity index (χ1) is 13.5. The number of aryl methyl sites for hydroxylation is 1. The van der Waals surface area contributed by atoms with E-state index in [2.05, 4.69) is 21.8 Å². The highest BCUT2D eigenvalue weighted by molar-refractivity contribution is 5.93. The summed E-state index contributed by atoms with van der Waals surface area (Å²) in [7, 11) is 0. The molecular formula is C20H31N5O3. The summed E-state index contributed by atoms with van der Waals surface area (Å²) in [4.78, 5) is 39.8. The van der Waals surface area contributed by atoms with Crippen molar-refractivity contribution in [2.45, 2.75) is 52.5 Å². The molecule has 2 aliphatic rings. The molecule has 1 unspecified atom stereocenters. The largest absolute Gasteiger partial charge is 0.450 e. The second kappa shape index (κ2) is 9.21. The third kappa shape index (κ3) is 4.54. The smallest absolute Gasteiger partial charge is 0.409 e. The number of rotatable bonds is 4. The molecule has 0 bridgehead atoms. The molecule has 1 aromatic heterocycles. The number of aromatic nitrogens is 2. The molecule has 0 radical (unpaired) electrons. The molecule has 2 aliphatic heterocycles. The van der Waals surface area contributed by atoms with Crippen molar-refractivity contribution in [3.8, 4) is 0 Å². The topological polar surface area (TPSA) is 78.9 Å². The lowest BCUT2D eigenvalue weighted by Gasteiger charge is -2.36. The zero-order valence-corrected chi connectivity index (χ0v) is 17.2. The van der Waals surface area contributed by atoms with Crippen LogP contribution in [0.5, 0.6) is 0 Å². The van der Waals surface area contributed by atoms with Crippen LogP contribution in [0.25, 0.3) is 0 Å². The SMILES string of the molecule is CCOC(=O)N1CCN(c2cc(C(=O)N3CCCCC3CC)nc(C)n2)CC1. The third-order valence-electron chi connectivity index (χ3n) is 5.53. The van der Waals surface area contributed by atoms with E-state index in [0.29, 0.717) is 50.3 Å². The Hall–Kier alpha value is -2.38. The van der Waals surface area contributed by atoms with Crippen LogP contribution < -0.4 is 4.90 Å². The number of likely N-dealkylation sites (tertiary alicyclic amines) is 1. The average Bonchev–Trinajstić information content (AvgIpc) is 2.73. The molecule has 8 nitrogen and oxygen atoms in total. The number of hydrogen-bond donors (Lipinski definition) is 0. The van der Waals surface area contributed by atoms with E-state index in [9.17, 15) is 9.59 Å². The molecule has 2 saturated heterocycles. The highest BCUT2D eigenvalue weighted by Gasteiger charge is 2.29. The van der Waals surface area contributed by atoms with E-state index in [1.807, 2.05) is 18.7 Å². The maximum Gasteiger partial charge on any atom is 0.409 e. The van der Waals surface area contributed by atoms with Gasteiger partial charge in [0, 0.05) is 44.8 Å². The van der Waals surface area contributed by atoms with Gasteiger partial charge in [-0.15, -0.1) is 0 Å². The molecule has 28 heavy (non-hydrogen) atoms. The Morgan fingerprint density at radius 2 is 1.86 bits per heavy atom. The van der Waals surface area contributed by atoms with Crippen LogP contribution in [-0.4, -0.2) is 77.1 Å². The Morgan fingerprint density at radius 1 is 1.11 bits per heavy atom. The summed E-state index contributed by atoms with van der Waals surface area (Å²) < 4.78 is 5.07. The first-order valence-electron chi connectivity index (χ1n) is 10.4. The van der Waals surface area contributed by atoms with Gasteiger partial charge in [0.1, 0.15) is 17.3 Å². The van der Waals surface area contributed by atoms with Gasteiger partial charge < -0.3 is 19.4 Å². The van der Waals surface area contributed by atoms with Crippen LogP contribution >= 0.6 is 0 Å². The standard InChI is InChI=1S/C20H31N5O3/c1-4-16-8-6-7-9-25(16)19(26)17-14-18(22-15(3)21-17)23-10-12-24(13-11-23)20(27)28-5-2/h14,16H,4-13H2,1-3H3. The predicted octanol–water partition coefficient (Wildman–Crippen LogP) is 2.47. The number of anilines is 1. The normalized spacial score (nSPS) is 20.2. The third-order valence-corrected chi connectivity index (χ3v) is 5.53. The maximum atomic E-state index is 13.1. The summed E-state index contributed by atoms with van der Waals surface area (Å²) in [5.74, 6) is 1.35. The van der Waals surface area contributed by atoms with Crippen molar-refractivity contribution in [2.24, 2.45) is 0 Å². The number of carbonyl (C=O) groups is 2. The number of carbonyl (C=O) groups excluding carboxylic acids is 2. The number of ether oxygens (including phenoxy) is 1. The predicted molar refractivity (Wildman–Crippen MR) is 107 cm³/mol. The Labute approximate surface area is 166 Å². The molecule has 154 valence electrons. The van der Waals surface area contributed by atoms with E-state index in [0.717, 1.165) is 31.6 Å². The number of amides is 2. The minimum atomic E-state index is -0.271. The molecule has 8 heteroatoms. The number of nitrogens with zero attached hydrogens (tertiary/aromatic N) is 5. The van der Waals surface area contributed by atoms with Gasteiger partial charge in [-0.05, 0) is 39.5 Å². The molecule has 2 amide bonds. The summed E-state index contributed by atoms with van der Waals surface area (Å²) >= 11 is 0. The molecule has 0 saturated carbocycles. The minimum absolute atomic E-state index is 0.00320. The molecule has 0 aliphatic carbocycles. The summed E-state index contributed by atoms with van der Waals surface area (Å²) in [5, 5.41) is 0. The van der Waals surface area contributed by atoms with Gasteiger partial charge >= 0.3 is 6.09 Å². The number of piperazine rings is 1. The van der Waals surface area contributed by atoms with Gasteiger partial charge in [0.05, 0.1) is 6.61 Å². The molecule has 0 spiro atoms. The minimum Gasteiger partial charge on any atom is -0.450 e. The van der Waals surface area contributed by atoms with Crippen LogP contribution in [0.4, 0.5) is 10.6 Å². The highest BCUT2D eigenvalue weighted by Crippen LogP contribution is 2.23. The molecule has 0 N–H and O–H groups in total. The summed E-state index contributed by atoms with van der Waals surface area (Å²) in [5.41, 5.74) is 0.468. The van der Waals surface area contributed by atoms with Crippen molar-refractivity contribution in [2.75, 3.05) is 44.2 Å². The molecule has 1 aromatic rings. The van der Waals surface area contributed by atoms with Gasteiger partial charge in [0.25, 0.3) is 5.91 Å². The van der Waals surface area contributed by atoms with Crippen LogP contribution in [-0.2, 0) is 4.74 Å². The van der Waals surface area contributed by atoms with Crippen molar-refractivity contribution in [3.05, 3.63) is 17.6 Å². The van der Waals surface area contributed by atoms with Crippen LogP contribution in [0.1, 0.15) is 55.8 Å². The van der Waals surface area contributed by atoms with Crippen molar-refractivity contribution in [1.82, 2.24) is 19.8 Å². The summed E-state index contributed by atoms with van der Waals surface area (Å²) in [6, 6.07) is 2.10. The lowest BCUT2D eigenvalue weighted by atomic mass is 9.99. The highest BCUT2D eigenvalue weighted by atomic mass is 16.6. The quantitative estimate of drug-likeness (QED) is 0.787. The Morgan fingerprint density at radius 3 is 2.54 bits per heavy atom. The Balaban J connectivity index is 1.71. The van der Waals surface area contributed by atoms with Crippen molar-refractivity contribution >= 4 is 17.8 Å². The van der Waals surface area contributed by atoms with E-state index < -0.39 is 0 Å². The van der Waals surface area contributed by atoms with Crippen LogP contribution in [0.15, 0.2) is 6.07 Å². The zero-order valence-electron chi connectivity index (χ0n) is 17.2. The fourth-order valence-corrected chi connectivity index (χ4v) is 4.00. The molecule has 0 aromatic carbocycles. The first-order valence-corrected chi connectivity index (χ1v) is 10.4. The van der Waals surface area contributed by atoms with E-state index >= 15 is 0 Å². The van der Waals surface area contributed by atoms with Gasteiger partial charge in [-0.1, -0.05) is 6.92 Å². The molecule has 1 atom stereocenters. The maximum absolute atomic E-state index is 13.1. The van der Waals surface area contributed by atoms with Crippen molar-refractivity contribution in [3.63, 3.8) is 0 Å². The summed E-state index contributed by atoms with van der Waals surface area (Å²) in [6.45, 7) is 9.41. The van der Waals surface area contributed by atoms with Crippen molar-refractivity contribution < 1.29 is 14.3 Å².